The minimum Gasteiger partial charge on any atom is -0.379 e. The Morgan fingerprint density at radius 3 is 2.64 bits per heavy atom. The lowest BCUT2D eigenvalue weighted by molar-refractivity contribution is 0.0376. The van der Waals surface area contributed by atoms with Crippen LogP contribution >= 0.6 is 23.7 Å². The lowest BCUT2D eigenvalue weighted by Gasteiger charge is -2.28. The van der Waals surface area contributed by atoms with Crippen molar-refractivity contribution < 1.29 is 9.53 Å². The molecule has 3 aromatic carbocycles. The summed E-state index contributed by atoms with van der Waals surface area (Å²) in [6.07, 6.45) is 0.894. The van der Waals surface area contributed by atoms with Crippen LogP contribution in [0.15, 0.2) is 60.7 Å². The van der Waals surface area contributed by atoms with Gasteiger partial charge in [0.15, 0.2) is 5.13 Å². The second-order valence-electron chi connectivity index (χ2n) is 8.21. The van der Waals surface area contributed by atoms with E-state index in [1.807, 2.05) is 35.2 Å². The van der Waals surface area contributed by atoms with Crippen molar-refractivity contribution in [2.75, 3.05) is 44.3 Å². The number of hydrogen-bond donors (Lipinski definition) is 0. The first-order valence-electron chi connectivity index (χ1n) is 11.2. The molecule has 0 spiro atoms. The first-order valence-corrected chi connectivity index (χ1v) is 12.0. The summed E-state index contributed by atoms with van der Waals surface area (Å²) < 4.78 is 6.58. The molecule has 1 aliphatic heterocycles. The number of aromatic nitrogens is 1. The maximum Gasteiger partial charge on any atom is 0.260 e. The van der Waals surface area contributed by atoms with Crippen LogP contribution in [-0.2, 0) is 4.74 Å². The molecule has 0 N–H and O–H groups in total. The van der Waals surface area contributed by atoms with Crippen molar-refractivity contribution in [2.45, 2.75) is 13.3 Å². The van der Waals surface area contributed by atoms with Gasteiger partial charge in [-0.2, -0.15) is 0 Å². The number of aryl methyl sites for hydroxylation is 1. The van der Waals surface area contributed by atoms with Gasteiger partial charge in [0.25, 0.3) is 5.91 Å². The van der Waals surface area contributed by atoms with Gasteiger partial charge in [-0.1, -0.05) is 59.9 Å². The second-order valence-corrected chi connectivity index (χ2v) is 9.22. The number of halogens is 1. The minimum absolute atomic E-state index is 0. The molecule has 0 radical (unpaired) electrons. The van der Waals surface area contributed by atoms with E-state index in [1.165, 1.54) is 0 Å². The molecule has 1 amide bonds. The van der Waals surface area contributed by atoms with Crippen LogP contribution in [0, 0.1) is 6.92 Å². The van der Waals surface area contributed by atoms with E-state index >= 15 is 0 Å². The van der Waals surface area contributed by atoms with E-state index in [2.05, 4.69) is 42.2 Å². The van der Waals surface area contributed by atoms with Crippen molar-refractivity contribution in [3.63, 3.8) is 0 Å². The summed E-state index contributed by atoms with van der Waals surface area (Å²) in [6.45, 7) is 7.15. The molecule has 0 aliphatic carbocycles. The van der Waals surface area contributed by atoms with Crippen LogP contribution < -0.4 is 4.90 Å². The first-order chi connectivity index (χ1) is 15.7. The van der Waals surface area contributed by atoms with Gasteiger partial charge in [0.1, 0.15) is 0 Å². The monoisotopic (exact) mass is 481 g/mol. The molecule has 172 valence electrons. The molecular weight excluding hydrogens is 454 g/mol. The van der Waals surface area contributed by atoms with Gasteiger partial charge in [0, 0.05) is 31.7 Å². The minimum atomic E-state index is 0. The maximum atomic E-state index is 13.9. The first kappa shape index (κ1) is 23.6. The van der Waals surface area contributed by atoms with Gasteiger partial charge < -0.3 is 4.74 Å². The van der Waals surface area contributed by atoms with Crippen LogP contribution in [0.5, 0.6) is 0 Å². The number of ether oxygens (including phenoxy) is 1. The van der Waals surface area contributed by atoms with E-state index in [9.17, 15) is 4.79 Å². The fourth-order valence-corrected chi connectivity index (χ4v) is 5.38. The number of anilines is 1. The zero-order valence-electron chi connectivity index (χ0n) is 18.7. The summed E-state index contributed by atoms with van der Waals surface area (Å²) in [5.74, 6) is 0.0143. The van der Waals surface area contributed by atoms with Crippen LogP contribution in [0.25, 0.3) is 21.0 Å². The average Bonchev–Trinajstić information content (AvgIpc) is 3.27. The summed E-state index contributed by atoms with van der Waals surface area (Å²) in [5.41, 5.74) is 2.85. The smallest absolute Gasteiger partial charge is 0.260 e. The Labute approximate surface area is 204 Å². The van der Waals surface area contributed by atoms with E-state index in [0.717, 1.165) is 76.5 Å². The molecule has 4 aromatic rings. The Balaban J connectivity index is 0.00000259. The highest BCUT2D eigenvalue weighted by molar-refractivity contribution is 7.22. The molecule has 1 aliphatic rings. The average molecular weight is 482 g/mol. The number of fused-ring (bicyclic) bond motifs is 2. The summed E-state index contributed by atoms with van der Waals surface area (Å²) >= 11 is 1.59. The summed E-state index contributed by atoms with van der Waals surface area (Å²) in [6, 6.07) is 20.2. The third-order valence-electron chi connectivity index (χ3n) is 6.07. The topological polar surface area (TPSA) is 45.7 Å². The molecule has 0 bridgehead atoms. The van der Waals surface area contributed by atoms with Crippen LogP contribution in [-0.4, -0.2) is 55.2 Å². The number of thiazole rings is 1. The summed E-state index contributed by atoms with van der Waals surface area (Å²) in [5, 5.41) is 2.83. The van der Waals surface area contributed by atoms with Gasteiger partial charge in [0.05, 0.1) is 23.4 Å². The Morgan fingerprint density at radius 2 is 1.82 bits per heavy atom. The molecule has 2 heterocycles. The zero-order chi connectivity index (χ0) is 21.9. The van der Waals surface area contributed by atoms with Gasteiger partial charge in [-0.25, -0.2) is 4.98 Å². The highest BCUT2D eigenvalue weighted by atomic mass is 35.5. The lowest BCUT2D eigenvalue weighted by Crippen LogP contribution is -2.39. The number of nitrogens with zero attached hydrogens (tertiary/aromatic N) is 3. The van der Waals surface area contributed by atoms with E-state index in [1.54, 1.807) is 11.3 Å². The quantitative estimate of drug-likeness (QED) is 0.362. The Morgan fingerprint density at radius 1 is 1.06 bits per heavy atom. The predicted octanol–water partition coefficient (Wildman–Crippen LogP) is 5.55. The number of morpholine rings is 1. The molecule has 33 heavy (non-hydrogen) atoms. The Hall–Kier alpha value is -2.51. The number of rotatable bonds is 6. The Bertz CT molecular complexity index is 1250. The third-order valence-corrected chi connectivity index (χ3v) is 7.11. The second kappa shape index (κ2) is 10.6. The number of hydrogen-bond acceptors (Lipinski definition) is 5. The molecule has 7 heteroatoms. The van der Waals surface area contributed by atoms with Gasteiger partial charge >= 0.3 is 0 Å². The highest BCUT2D eigenvalue weighted by Gasteiger charge is 2.23. The lowest BCUT2D eigenvalue weighted by atomic mass is 10.0. The van der Waals surface area contributed by atoms with Crippen LogP contribution in [0.4, 0.5) is 5.13 Å². The van der Waals surface area contributed by atoms with Crippen molar-refractivity contribution in [1.29, 1.82) is 0 Å². The van der Waals surface area contributed by atoms with Gasteiger partial charge in [0.2, 0.25) is 0 Å². The predicted molar refractivity (Wildman–Crippen MR) is 139 cm³/mol. The van der Waals surface area contributed by atoms with Crippen molar-refractivity contribution in [2.24, 2.45) is 0 Å². The summed E-state index contributed by atoms with van der Waals surface area (Å²) in [4.78, 5) is 23.0. The standard InChI is InChI=1S/C26H27N3O2S.ClH/c1-19-7-4-12-23-24(19)27-26(32-23)29(14-6-13-28-15-17-31-18-16-28)25(30)22-11-5-9-20-8-2-3-10-21(20)22;/h2-5,7-12H,6,13-18H2,1H3;1H. The molecule has 0 saturated carbocycles. The number of benzene rings is 3. The molecule has 0 unspecified atom stereocenters. The van der Waals surface area contributed by atoms with E-state index in [0.29, 0.717) is 6.54 Å². The van der Waals surface area contributed by atoms with Crippen molar-refractivity contribution in [3.8, 4) is 0 Å². The fourth-order valence-electron chi connectivity index (χ4n) is 4.31. The van der Waals surface area contributed by atoms with Crippen LogP contribution in [0.2, 0.25) is 0 Å². The largest absolute Gasteiger partial charge is 0.379 e. The number of carbonyl (C=O) groups excluding carboxylic acids is 1. The number of amides is 1. The molecule has 0 atom stereocenters. The third kappa shape index (κ3) is 5.04. The van der Waals surface area contributed by atoms with E-state index in [4.69, 9.17) is 9.72 Å². The number of carbonyl (C=O) groups is 1. The molecule has 5 rings (SSSR count). The van der Waals surface area contributed by atoms with Crippen molar-refractivity contribution in [1.82, 2.24) is 9.88 Å². The highest BCUT2D eigenvalue weighted by Crippen LogP contribution is 2.32. The molecule has 5 nitrogen and oxygen atoms in total. The van der Waals surface area contributed by atoms with Crippen LogP contribution in [0.3, 0.4) is 0 Å². The van der Waals surface area contributed by atoms with Gasteiger partial charge in [-0.05, 0) is 41.8 Å². The van der Waals surface area contributed by atoms with Gasteiger partial charge in [-0.3, -0.25) is 14.6 Å². The molecule has 1 saturated heterocycles. The number of para-hydroxylation sites is 1. The SMILES string of the molecule is Cc1cccc2sc(N(CCCN3CCOCC3)C(=O)c3cccc4ccccc34)nc12.Cl. The van der Waals surface area contributed by atoms with Crippen molar-refractivity contribution >= 4 is 55.8 Å². The fraction of sp³-hybridized carbons (Fsp3) is 0.308. The Kier molecular flexibility index (Phi) is 7.60. The zero-order valence-corrected chi connectivity index (χ0v) is 20.3. The molecule has 1 aromatic heterocycles. The molecular formula is C26H28ClN3O2S. The summed E-state index contributed by atoms with van der Waals surface area (Å²) in [7, 11) is 0. The van der Waals surface area contributed by atoms with Gasteiger partial charge in [-0.15, -0.1) is 12.4 Å². The van der Waals surface area contributed by atoms with E-state index < -0.39 is 0 Å². The van der Waals surface area contributed by atoms with Crippen LogP contribution in [0.1, 0.15) is 22.3 Å². The molecule has 1 fully saturated rings. The normalized spacial score (nSPS) is 14.3. The van der Waals surface area contributed by atoms with Crippen molar-refractivity contribution in [3.05, 3.63) is 71.8 Å². The van der Waals surface area contributed by atoms with E-state index in [-0.39, 0.29) is 18.3 Å². The maximum absolute atomic E-state index is 13.9.